The molecule has 4 aromatic rings. The van der Waals surface area contributed by atoms with Gasteiger partial charge in [-0.05, 0) is 60.2 Å². The molecule has 0 atom stereocenters. The molecule has 5 N–H and O–H groups in total. The quantitative estimate of drug-likeness (QED) is 0.0945. The monoisotopic (exact) mass is 699 g/mol. The van der Waals surface area contributed by atoms with Crippen LogP contribution in [0, 0.1) is 0 Å². The number of carbonyl (C=O) groups is 3. The van der Waals surface area contributed by atoms with Gasteiger partial charge in [0.15, 0.2) is 5.82 Å². The average molecular weight is 700 g/mol. The molecule has 5 rings (SSSR count). The van der Waals surface area contributed by atoms with Crippen molar-refractivity contribution in [3.05, 3.63) is 88.3 Å². The maximum absolute atomic E-state index is 12.8. The van der Waals surface area contributed by atoms with Crippen LogP contribution in [-0.2, 0) is 21.0 Å². The summed E-state index contributed by atoms with van der Waals surface area (Å²) in [7, 11) is 0. The number of hydrogen-bond acceptors (Lipinski definition) is 9. The van der Waals surface area contributed by atoms with Crippen molar-refractivity contribution in [3.63, 3.8) is 0 Å². The third kappa shape index (κ3) is 9.97. The van der Waals surface area contributed by atoms with E-state index in [2.05, 4.69) is 25.9 Å². The first kappa shape index (κ1) is 36.6. The van der Waals surface area contributed by atoms with Crippen LogP contribution in [0.3, 0.4) is 0 Å². The van der Waals surface area contributed by atoms with Crippen LogP contribution >= 0.6 is 0 Å². The van der Waals surface area contributed by atoms with Crippen molar-refractivity contribution in [2.45, 2.75) is 64.8 Å². The minimum absolute atomic E-state index is 0.0121. The molecule has 0 aliphatic carbocycles. The number of aromatic hydroxyl groups is 2. The molecular weight excluding hydrogens is 654 g/mol. The Morgan fingerprint density at radius 1 is 0.863 bits per heavy atom. The summed E-state index contributed by atoms with van der Waals surface area (Å²) in [5.74, 6) is -0.397. The zero-order valence-corrected chi connectivity index (χ0v) is 28.9. The number of anilines is 1. The number of hydroxylamine groups is 1. The lowest BCUT2D eigenvalue weighted by atomic mass is 9.98. The summed E-state index contributed by atoms with van der Waals surface area (Å²) in [5, 5.41) is 30.3. The van der Waals surface area contributed by atoms with Gasteiger partial charge < -0.3 is 25.3 Å². The summed E-state index contributed by atoms with van der Waals surface area (Å²) in [5.41, 5.74) is 5.07. The standard InChI is InChI=1S/C37H45N7O7/c1-25(2)29-22-30(32(46)23-31(29)45)35-39-40-36(49)44(35)28-16-14-26(15-17-28)24-42-18-20-43(21-19-42)37(50)51-41-34(48)13-9-4-3-8-12-33(47)38-27-10-6-5-7-11-27/h5-7,10-11,14-17,22-23,25,45-46H,3-4,8-9,12-13,18-21,24H2,1-2H3,(H,38,47)(H,40,49)(H,41,48). The predicted octanol–water partition coefficient (Wildman–Crippen LogP) is 5.03. The number of rotatable bonds is 13. The molecular formula is C37H45N7O7. The highest BCUT2D eigenvalue weighted by Gasteiger charge is 2.24. The van der Waals surface area contributed by atoms with Gasteiger partial charge in [-0.3, -0.25) is 14.5 Å². The highest BCUT2D eigenvalue weighted by molar-refractivity contribution is 5.90. The fourth-order valence-corrected chi connectivity index (χ4v) is 5.94. The van der Waals surface area contributed by atoms with E-state index >= 15 is 0 Å². The van der Waals surface area contributed by atoms with Crippen molar-refractivity contribution in [1.82, 2.24) is 30.0 Å². The number of H-pyrrole nitrogens is 1. The first-order valence-corrected chi connectivity index (χ1v) is 17.2. The van der Waals surface area contributed by atoms with E-state index in [0.717, 1.165) is 30.5 Å². The molecule has 1 fully saturated rings. The van der Waals surface area contributed by atoms with E-state index < -0.39 is 11.8 Å². The molecule has 270 valence electrons. The van der Waals surface area contributed by atoms with E-state index in [0.29, 0.717) is 62.4 Å². The minimum Gasteiger partial charge on any atom is -0.508 e. The van der Waals surface area contributed by atoms with Gasteiger partial charge in [0, 0.05) is 57.3 Å². The predicted molar refractivity (Wildman–Crippen MR) is 191 cm³/mol. The lowest BCUT2D eigenvalue weighted by molar-refractivity contribution is -0.130. The Morgan fingerprint density at radius 3 is 2.20 bits per heavy atom. The van der Waals surface area contributed by atoms with Crippen LogP contribution in [0.4, 0.5) is 10.5 Å². The smallest absolute Gasteiger partial charge is 0.434 e. The molecule has 0 spiro atoms. The van der Waals surface area contributed by atoms with E-state index in [9.17, 15) is 29.4 Å². The lowest BCUT2D eigenvalue weighted by Crippen LogP contribution is -2.49. The van der Waals surface area contributed by atoms with Gasteiger partial charge in [-0.25, -0.2) is 19.3 Å². The Bertz CT molecular complexity index is 1850. The van der Waals surface area contributed by atoms with Crippen LogP contribution in [0.2, 0.25) is 0 Å². The van der Waals surface area contributed by atoms with Crippen LogP contribution in [0.5, 0.6) is 11.5 Å². The molecule has 1 aliphatic rings. The SMILES string of the molecule is CC(C)c1cc(-c2n[nH]c(=O)n2-c2ccc(CN3CCN(C(=O)ONC(=O)CCCCCCC(=O)Nc4ccccc4)CC3)cc2)c(O)cc1O. The minimum atomic E-state index is -0.599. The molecule has 51 heavy (non-hydrogen) atoms. The van der Waals surface area contributed by atoms with Crippen molar-refractivity contribution >= 4 is 23.6 Å². The number of hydrogen-bond donors (Lipinski definition) is 5. The van der Waals surface area contributed by atoms with Crippen LogP contribution < -0.4 is 16.5 Å². The number of unbranched alkanes of at least 4 members (excludes halogenated alkanes) is 3. The van der Waals surface area contributed by atoms with Gasteiger partial charge in [-0.2, -0.15) is 10.6 Å². The van der Waals surface area contributed by atoms with Crippen LogP contribution in [0.25, 0.3) is 17.1 Å². The van der Waals surface area contributed by atoms with Gasteiger partial charge in [0.1, 0.15) is 11.5 Å². The summed E-state index contributed by atoms with van der Waals surface area (Å²) >= 11 is 0. The van der Waals surface area contributed by atoms with Gasteiger partial charge in [0.05, 0.1) is 11.3 Å². The van der Waals surface area contributed by atoms with E-state index in [4.69, 9.17) is 4.84 Å². The highest BCUT2D eigenvalue weighted by Crippen LogP contribution is 2.37. The number of aromatic nitrogens is 3. The first-order valence-electron chi connectivity index (χ1n) is 17.2. The Hall–Kier alpha value is -5.63. The average Bonchev–Trinajstić information content (AvgIpc) is 3.50. The third-order valence-corrected chi connectivity index (χ3v) is 8.78. The van der Waals surface area contributed by atoms with Gasteiger partial charge in [0.2, 0.25) is 5.91 Å². The summed E-state index contributed by atoms with van der Waals surface area (Å²) in [6.07, 6.45) is 3.02. The lowest BCUT2D eigenvalue weighted by Gasteiger charge is -2.33. The van der Waals surface area contributed by atoms with Gasteiger partial charge in [0.25, 0.3) is 5.91 Å². The maximum atomic E-state index is 12.8. The molecule has 14 heteroatoms. The van der Waals surface area contributed by atoms with Gasteiger partial charge >= 0.3 is 11.8 Å². The molecule has 0 saturated carbocycles. The van der Waals surface area contributed by atoms with Gasteiger partial charge in [-0.15, -0.1) is 0 Å². The summed E-state index contributed by atoms with van der Waals surface area (Å²) in [4.78, 5) is 58.3. The number of benzene rings is 3. The summed E-state index contributed by atoms with van der Waals surface area (Å²) < 4.78 is 1.37. The number of phenols is 2. The van der Waals surface area contributed by atoms with Crippen LogP contribution in [0.1, 0.15) is 69.4 Å². The maximum Gasteiger partial charge on any atom is 0.434 e. The Kier molecular flexibility index (Phi) is 12.5. The second-order valence-corrected chi connectivity index (χ2v) is 12.9. The van der Waals surface area contributed by atoms with E-state index in [1.807, 2.05) is 56.3 Å². The third-order valence-electron chi connectivity index (χ3n) is 8.78. The Morgan fingerprint density at radius 2 is 1.53 bits per heavy atom. The first-order chi connectivity index (χ1) is 24.6. The fourth-order valence-electron chi connectivity index (χ4n) is 5.94. The number of amides is 3. The number of aromatic amines is 1. The summed E-state index contributed by atoms with van der Waals surface area (Å²) in [6.45, 7) is 6.56. The molecule has 0 unspecified atom stereocenters. The molecule has 1 aromatic heterocycles. The van der Waals surface area contributed by atoms with E-state index in [1.54, 1.807) is 23.1 Å². The number of phenolic OH excluding ortho intramolecular Hbond substituents is 2. The molecule has 3 amide bonds. The topological polar surface area (TPSA) is 182 Å². The zero-order chi connectivity index (χ0) is 36.3. The molecule has 3 aromatic carbocycles. The normalized spacial score (nSPS) is 13.3. The van der Waals surface area contributed by atoms with Crippen LogP contribution in [0.15, 0.2) is 71.5 Å². The second-order valence-electron chi connectivity index (χ2n) is 12.9. The van der Waals surface area contributed by atoms with Crippen molar-refractivity contribution in [2.75, 3.05) is 31.5 Å². The fraction of sp³-hybridized carbons (Fsp3) is 0.378. The molecule has 14 nitrogen and oxygen atoms in total. The van der Waals surface area contributed by atoms with Crippen molar-refractivity contribution < 1.29 is 29.4 Å². The molecule has 0 radical (unpaired) electrons. The number of nitrogens with one attached hydrogen (secondary N) is 3. The van der Waals surface area contributed by atoms with Crippen molar-refractivity contribution in [3.8, 4) is 28.6 Å². The Balaban J connectivity index is 1.01. The largest absolute Gasteiger partial charge is 0.508 e. The van der Waals surface area contributed by atoms with E-state index in [-0.39, 0.29) is 41.5 Å². The Labute approximate surface area is 296 Å². The molecule has 0 bridgehead atoms. The molecule has 1 saturated heterocycles. The second kappa shape index (κ2) is 17.3. The highest BCUT2D eigenvalue weighted by atomic mass is 16.7. The van der Waals surface area contributed by atoms with E-state index in [1.165, 1.54) is 10.6 Å². The van der Waals surface area contributed by atoms with Gasteiger partial charge in [-0.1, -0.05) is 57.0 Å². The number of para-hydroxylation sites is 1. The summed E-state index contributed by atoms with van der Waals surface area (Å²) in [6, 6.07) is 19.6. The van der Waals surface area contributed by atoms with Crippen molar-refractivity contribution in [2.24, 2.45) is 0 Å². The molecule has 2 heterocycles. The number of carbonyl (C=O) groups excluding carboxylic acids is 3. The van der Waals surface area contributed by atoms with Crippen LogP contribution in [-0.4, -0.2) is 78.9 Å². The zero-order valence-electron chi connectivity index (χ0n) is 28.9. The number of nitrogens with zero attached hydrogens (tertiary/aromatic N) is 4. The number of piperazine rings is 1. The van der Waals surface area contributed by atoms with Crippen molar-refractivity contribution in [1.29, 1.82) is 0 Å². The molecule has 1 aliphatic heterocycles.